The van der Waals surface area contributed by atoms with Crippen LogP contribution < -0.4 is 10.6 Å². The molecule has 0 aromatic carbocycles. The van der Waals surface area contributed by atoms with Crippen molar-refractivity contribution in [2.75, 3.05) is 24.5 Å². The van der Waals surface area contributed by atoms with Crippen molar-refractivity contribution in [3.63, 3.8) is 0 Å². The molecule has 0 aliphatic carbocycles. The average Bonchev–Trinajstić information content (AvgIpc) is 2.43. The lowest BCUT2D eigenvalue weighted by Gasteiger charge is -2.24. The zero-order chi connectivity index (χ0) is 13.5. The molecule has 0 amide bonds. The topological polar surface area (TPSA) is 67.9 Å². The molecule has 1 unspecified atom stereocenters. The maximum atomic E-state index is 5.67. The van der Waals surface area contributed by atoms with Crippen molar-refractivity contribution >= 4 is 5.95 Å². The number of aryl methyl sites for hydroxylation is 2. The third-order valence-corrected chi connectivity index (χ3v) is 3.10. The minimum atomic E-state index is 0.435. The third kappa shape index (κ3) is 3.63. The summed E-state index contributed by atoms with van der Waals surface area (Å²) >= 11 is 0. The number of anilines is 1. The van der Waals surface area contributed by atoms with Gasteiger partial charge in [-0.25, -0.2) is 4.98 Å². The van der Waals surface area contributed by atoms with E-state index >= 15 is 0 Å². The quantitative estimate of drug-likeness (QED) is 0.793. The normalized spacial score (nSPS) is 12.5. The van der Waals surface area contributed by atoms with Crippen molar-refractivity contribution in [3.8, 4) is 0 Å². The second-order valence-electron chi connectivity index (χ2n) is 4.59. The highest BCUT2D eigenvalue weighted by molar-refractivity contribution is 5.30. The monoisotopic (exact) mass is 251 g/mol. The highest BCUT2D eigenvalue weighted by Gasteiger charge is 2.13. The summed E-state index contributed by atoms with van der Waals surface area (Å²) in [4.78, 5) is 6.77. The maximum Gasteiger partial charge on any atom is 0.245 e. The van der Waals surface area contributed by atoms with Gasteiger partial charge in [-0.2, -0.15) is 5.10 Å². The van der Waals surface area contributed by atoms with Crippen LogP contribution in [0.5, 0.6) is 0 Å². The first kappa shape index (κ1) is 14.8. The summed E-state index contributed by atoms with van der Waals surface area (Å²) < 4.78 is 0. The molecule has 0 spiro atoms. The molecule has 0 fully saturated rings. The minimum absolute atomic E-state index is 0.435. The number of rotatable bonds is 7. The van der Waals surface area contributed by atoms with E-state index in [0.717, 1.165) is 43.3 Å². The standard InChI is InChI=1S/C13H25N5/c1-5-11-12(6-2)16-17-13(15-11)18(7-3)9-10(4)8-14/h10H,5-9,14H2,1-4H3. The molecule has 1 atom stereocenters. The van der Waals surface area contributed by atoms with Gasteiger partial charge in [0.1, 0.15) is 0 Å². The van der Waals surface area contributed by atoms with Gasteiger partial charge in [0.05, 0.1) is 11.4 Å². The zero-order valence-corrected chi connectivity index (χ0v) is 12.0. The third-order valence-electron chi connectivity index (χ3n) is 3.10. The van der Waals surface area contributed by atoms with E-state index in [9.17, 15) is 0 Å². The molecule has 0 radical (unpaired) electrons. The van der Waals surface area contributed by atoms with Crippen molar-refractivity contribution in [1.82, 2.24) is 15.2 Å². The van der Waals surface area contributed by atoms with Crippen LogP contribution in [-0.2, 0) is 12.8 Å². The highest BCUT2D eigenvalue weighted by Crippen LogP contribution is 2.12. The first-order chi connectivity index (χ1) is 8.65. The van der Waals surface area contributed by atoms with E-state index in [4.69, 9.17) is 5.73 Å². The molecule has 1 aromatic rings. The van der Waals surface area contributed by atoms with Crippen molar-refractivity contribution < 1.29 is 0 Å². The molecule has 5 heteroatoms. The Labute approximate surface area is 110 Å². The Balaban J connectivity index is 2.92. The van der Waals surface area contributed by atoms with Gasteiger partial charge >= 0.3 is 0 Å². The number of hydrogen-bond acceptors (Lipinski definition) is 5. The fraction of sp³-hybridized carbons (Fsp3) is 0.769. The van der Waals surface area contributed by atoms with E-state index in [2.05, 4.69) is 47.8 Å². The van der Waals surface area contributed by atoms with Crippen LogP contribution in [0.15, 0.2) is 0 Å². The van der Waals surface area contributed by atoms with Gasteiger partial charge in [-0.1, -0.05) is 20.8 Å². The van der Waals surface area contributed by atoms with Crippen LogP contribution in [0, 0.1) is 5.92 Å². The van der Waals surface area contributed by atoms with Gasteiger partial charge in [0, 0.05) is 13.1 Å². The predicted octanol–water partition coefficient (Wildman–Crippen LogP) is 1.42. The molecule has 0 aliphatic heterocycles. The van der Waals surface area contributed by atoms with Gasteiger partial charge in [-0.3, -0.25) is 0 Å². The molecule has 5 nitrogen and oxygen atoms in total. The first-order valence-corrected chi connectivity index (χ1v) is 6.83. The van der Waals surface area contributed by atoms with Crippen LogP contribution in [0.1, 0.15) is 39.1 Å². The predicted molar refractivity (Wildman–Crippen MR) is 74.7 cm³/mol. The summed E-state index contributed by atoms with van der Waals surface area (Å²) in [5.41, 5.74) is 7.73. The van der Waals surface area contributed by atoms with Gasteiger partial charge in [-0.15, -0.1) is 5.10 Å². The lowest BCUT2D eigenvalue weighted by Crippen LogP contribution is -2.33. The van der Waals surface area contributed by atoms with Gasteiger partial charge in [0.2, 0.25) is 5.95 Å². The largest absolute Gasteiger partial charge is 0.339 e. The van der Waals surface area contributed by atoms with Crippen molar-refractivity contribution in [1.29, 1.82) is 0 Å². The molecule has 2 N–H and O–H groups in total. The highest BCUT2D eigenvalue weighted by atomic mass is 15.3. The Morgan fingerprint density at radius 1 is 1.11 bits per heavy atom. The number of aromatic nitrogens is 3. The molecule has 18 heavy (non-hydrogen) atoms. The zero-order valence-electron chi connectivity index (χ0n) is 12.0. The second kappa shape index (κ2) is 7.26. The van der Waals surface area contributed by atoms with Crippen LogP contribution in [0.25, 0.3) is 0 Å². The molecule has 1 heterocycles. The van der Waals surface area contributed by atoms with E-state index in [-0.39, 0.29) is 0 Å². The number of nitrogens with zero attached hydrogens (tertiary/aromatic N) is 4. The lowest BCUT2D eigenvalue weighted by molar-refractivity contribution is 0.565. The smallest absolute Gasteiger partial charge is 0.245 e. The summed E-state index contributed by atoms with van der Waals surface area (Å²) in [6.07, 6.45) is 1.78. The number of hydrogen-bond donors (Lipinski definition) is 1. The Hall–Kier alpha value is -1.23. The van der Waals surface area contributed by atoms with Crippen molar-refractivity contribution in [2.45, 2.75) is 40.5 Å². The molecule has 0 saturated carbocycles. The second-order valence-corrected chi connectivity index (χ2v) is 4.59. The minimum Gasteiger partial charge on any atom is -0.339 e. The molecular formula is C13H25N5. The van der Waals surface area contributed by atoms with Crippen LogP contribution in [0.3, 0.4) is 0 Å². The van der Waals surface area contributed by atoms with E-state index in [1.54, 1.807) is 0 Å². The molecular weight excluding hydrogens is 226 g/mol. The van der Waals surface area contributed by atoms with Gasteiger partial charge < -0.3 is 10.6 Å². The average molecular weight is 251 g/mol. The summed E-state index contributed by atoms with van der Waals surface area (Å²) in [6, 6.07) is 0. The van der Waals surface area contributed by atoms with E-state index in [1.165, 1.54) is 0 Å². The van der Waals surface area contributed by atoms with E-state index in [1.807, 2.05) is 0 Å². The summed E-state index contributed by atoms with van der Waals surface area (Å²) in [5, 5.41) is 8.53. The Bertz CT molecular complexity index is 366. The Kier molecular flexibility index (Phi) is 5.98. The van der Waals surface area contributed by atoms with Gasteiger partial charge in [0.25, 0.3) is 0 Å². The van der Waals surface area contributed by atoms with Crippen LogP contribution in [-0.4, -0.2) is 34.8 Å². The molecule has 1 rings (SSSR count). The Morgan fingerprint density at radius 2 is 1.78 bits per heavy atom. The summed E-state index contributed by atoms with van der Waals surface area (Å²) in [7, 11) is 0. The van der Waals surface area contributed by atoms with Crippen molar-refractivity contribution in [3.05, 3.63) is 11.4 Å². The molecule has 1 aromatic heterocycles. The van der Waals surface area contributed by atoms with Crippen molar-refractivity contribution in [2.24, 2.45) is 11.7 Å². The SMILES string of the molecule is CCc1nnc(N(CC)CC(C)CN)nc1CC. The maximum absolute atomic E-state index is 5.67. The van der Waals surface area contributed by atoms with E-state index in [0.29, 0.717) is 12.5 Å². The lowest BCUT2D eigenvalue weighted by atomic mass is 10.2. The van der Waals surface area contributed by atoms with Crippen LogP contribution >= 0.6 is 0 Å². The fourth-order valence-electron chi connectivity index (χ4n) is 1.87. The van der Waals surface area contributed by atoms with Crippen LogP contribution in [0.2, 0.25) is 0 Å². The molecule has 0 saturated heterocycles. The van der Waals surface area contributed by atoms with Gasteiger partial charge in [0.15, 0.2) is 0 Å². The summed E-state index contributed by atoms with van der Waals surface area (Å²) in [6.45, 7) is 10.9. The fourth-order valence-corrected chi connectivity index (χ4v) is 1.87. The summed E-state index contributed by atoms with van der Waals surface area (Å²) in [5.74, 6) is 1.16. The Morgan fingerprint density at radius 3 is 2.28 bits per heavy atom. The van der Waals surface area contributed by atoms with Crippen LogP contribution in [0.4, 0.5) is 5.95 Å². The molecule has 0 bridgehead atoms. The number of nitrogens with two attached hydrogens (primary N) is 1. The molecule has 102 valence electrons. The van der Waals surface area contributed by atoms with E-state index < -0.39 is 0 Å². The first-order valence-electron chi connectivity index (χ1n) is 6.83. The van der Waals surface area contributed by atoms with Gasteiger partial charge in [-0.05, 0) is 32.2 Å². The molecule has 0 aliphatic rings.